The smallest absolute Gasteiger partial charge is 0.449 e. The summed E-state index contributed by atoms with van der Waals surface area (Å²) in [5.41, 5.74) is 0. The summed E-state index contributed by atoms with van der Waals surface area (Å²) in [5.74, 6) is 0. The van der Waals surface area contributed by atoms with E-state index in [9.17, 15) is 12.9 Å². The molecule has 0 bridgehead atoms. The van der Waals surface area contributed by atoms with Crippen LogP contribution in [0.3, 0.4) is 0 Å². The van der Waals surface area contributed by atoms with Gasteiger partial charge in [0.25, 0.3) is 0 Å². The molecular formula is C6H10BF3KN. The molecule has 1 rings (SSSR count). The van der Waals surface area contributed by atoms with Gasteiger partial charge in [-0.15, -0.1) is 0 Å². The van der Waals surface area contributed by atoms with Gasteiger partial charge in [0.2, 0.25) is 0 Å². The van der Waals surface area contributed by atoms with E-state index in [2.05, 4.69) is 0 Å². The molecule has 1 heterocycles. The summed E-state index contributed by atoms with van der Waals surface area (Å²) in [7, 11) is 0. The first-order valence-electron chi connectivity index (χ1n) is 3.66. The van der Waals surface area contributed by atoms with Crippen LogP contribution in [0.15, 0.2) is 12.2 Å². The molecule has 6 heteroatoms. The summed E-state index contributed by atoms with van der Waals surface area (Å²) in [4.78, 5) is 1.77. The van der Waals surface area contributed by atoms with Gasteiger partial charge in [-0.3, -0.25) is 4.90 Å². The molecule has 0 radical (unpaired) electrons. The van der Waals surface area contributed by atoms with Crippen molar-refractivity contribution in [1.82, 2.24) is 4.90 Å². The number of hydrogen-bond acceptors (Lipinski definition) is 1. The minimum Gasteiger partial charge on any atom is -0.449 e. The van der Waals surface area contributed by atoms with E-state index in [4.69, 9.17) is 0 Å². The van der Waals surface area contributed by atoms with Gasteiger partial charge < -0.3 is 12.9 Å². The SMILES string of the molecule is F[B-](F)(F)CCN1CC=CC1.[K+]. The van der Waals surface area contributed by atoms with Crippen LogP contribution in [0.25, 0.3) is 0 Å². The fourth-order valence-electron chi connectivity index (χ4n) is 1.03. The van der Waals surface area contributed by atoms with Crippen LogP contribution in [0.2, 0.25) is 6.32 Å². The van der Waals surface area contributed by atoms with Crippen molar-refractivity contribution >= 4 is 6.98 Å². The van der Waals surface area contributed by atoms with Crippen molar-refractivity contribution in [2.45, 2.75) is 6.32 Å². The third kappa shape index (κ3) is 5.77. The van der Waals surface area contributed by atoms with Crippen LogP contribution in [0.1, 0.15) is 0 Å². The van der Waals surface area contributed by atoms with Crippen molar-refractivity contribution in [3.63, 3.8) is 0 Å². The van der Waals surface area contributed by atoms with Crippen molar-refractivity contribution in [2.24, 2.45) is 0 Å². The van der Waals surface area contributed by atoms with E-state index in [1.54, 1.807) is 4.90 Å². The Morgan fingerprint density at radius 3 is 2.08 bits per heavy atom. The van der Waals surface area contributed by atoms with Gasteiger partial charge in [0.05, 0.1) is 0 Å². The quantitative estimate of drug-likeness (QED) is 0.407. The molecule has 1 aliphatic rings. The molecule has 0 aromatic rings. The molecule has 0 spiro atoms. The molecule has 0 aromatic carbocycles. The van der Waals surface area contributed by atoms with Crippen LogP contribution in [-0.2, 0) is 0 Å². The Labute approximate surface area is 113 Å². The van der Waals surface area contributed by atoms with Crippen LogP contribution in [0, 0.1) is 0 Å². The largest absolute Gasteiger partial charge is 1.00 e. The van der Waals surface area contributed by atoms with Crippen LogP contribution >= 0.6 is 0 Å². The topological polar surface area (TPSA) is 3.24 Å². The Hall–Kier alpha value is 1.19. The Balaban J connectivity index is 0.00000121. The Morgan fingerprint density at radius 2 is 1.67 bits per heavy atom. The first kappa shape index (κ1) is 13.2. The molecule has 0 atom stereocenters. The predicted octanol–water partition coefficient (Wildman–Crippen LogP) is -1.29. The normalized spacial score (nSPS) is 17.9. The average molecular weight is 203 g/mol. The Morgan fingerprint density at radius 1 is 1.17 bits per heavy atom. The summed E-state index contributed by atoms with van der Waals surface area (Å²) >= 11 is 0. The Kier molecular flexibility index (Phi) is 6.40. The van der Waals surface area contributed by atoms with E-state index >= 15 is 0 Å². The van der Waals surface area contributed by atoms with Gasteiger partial charge in [0.1, 0.15) is 0 Å². The Bertz CT molecular complexity index is 151. The van der Waals surface area contributed by atoms with E-state index < -0.39 is 13.3 Å². The zero-order valence-corrected chi connectivity index (χ0v) is 10.3. The van der Waals surface area contributed by atoms with Crippen LogP contribution < -0.4 is 51.4 Å². The van der Waals surface area contributed by atoms with Crippen molar-refractivity contribution < 1.29 is 64.3 Å². The molecule has 0 saturated carbocycles. The molecule has 0 unspecified atom stereocenters. The molecular weight excluding hydrogens is 193 g/mol. The maximum Gasteiger partial charge on any atom is 1.00 e. The molecule has 0 aliphatic carbocycles. The number of hydrogen-bond donors (Lipinski definition) is 0. The second-order valence-corrected chi connectivity index (χ2v) is 2.73. The molecule has 0 N–H and O–H groups in total. The fraction of sp³-hybridized carbons (Fsp3) is 0.667. The van der Waals surface area contributed by atoms with Crippen LogP contribution in [0.5, 0.6) is 0 Å². The van der Waals surface area contributed by atoms with Crippen molar-refractivity contribution in [3.05, 3.63) is 12.2 Å². The van der Waals surface area contributed by atoms with Crippen LogP contribution in [-0.4, -0.2) is 31.5 Å². The molecule has 0 aromatic heterocycles. The minimum atomic E-state index is -4.59. The first-order valence-corrected chi connectivity index (χ1v) is 3.66. The molecule has 1 aliphatic heterocycles. The summed E-state index contributed by atoms with van der Waals surface area (Å²) in [6.07, 6.45) is 3.15. The van der Waals surface area contributed by atoms with Gasteiger partial charge in [-0.05, 0) is 6.54 Å². The summed E-state index contributed by atoms with van der Waals surface area (Å²) in [6, 6.07) is 0. The minimum absolute atomic E-state index is 0. The van der Waals surface area contributed by atoms with Gasteiger partial charge >= 0.3 is 58.4 Å². The van der Waals surface area contributed by atoms with E-state index in [0.717, 1.165) is 0 Å². The summed E-state index contributed by atoms with van der Waals surface area (Å²) < 4.78 is 35.2. The van der Waals surface area contributed by atoms with Gasteiger partial charge in [-0.25, -0.2) is 0 Å². The second kappa shape index (κ2) is 5.82. The van der Waals surface area contributed by atoms with E-state index in [1.165, 1.54) is 0 Å². The summed E-state index contributed by atoms with van der Waals surface area (Å²) in [5, 5.41) is 0. The maximum absolute atomic E-state index is 11.7. The third-order valence-electron chi connectivity index (χ3n) is 1.67. The fourth-order valence-corrected chi connectivity index (χ4v) is 1.03. The number of halogens is 3. The van der Waals surface area contributed by atoms with Gasteiger partial charge in [-0.2, -0.15) is 0 Å². The van der Waals surface area contributed by atoms with E-state index in [1.807, 2.05) is 12.2 Å². The van der Waals surface area contributed by atoms with Crippen LogP contribution in [0.4, 0.5) is 12.9 Å². The zero-order valence-electron chi connectivity index (χ0n) is 7.14. The molecule has 0 saturated heterocycles. The van der Waals surface area contributed by atoms with Crippen molar-refractivity contribution in [1.29, 1.82) is 0 Å². The molecule has 0 fully saturated rings. The molecule has 64 valence electrons. The van der Waals surface area contributed by atoms with E-state index in [0.29, 0.717) is 13.1 Å². The standard InChI is InChI=1S/C6H10BF3N.K/c8-7(9,10)3-6-11-4-1-2-5-11;/h1-2H,3-6H2;/q-1;+1. The van der Waals surface area contributed by atoms with Gasteiger partial charge in [0.15, 0.2) is 0 Å². The molecule has 1 nitrogen and oxygen atoms in total. The predicted molar refractivity (Wildman–Crippen MR) is 39.5 cm³/mol. The monoisotopic (exact) mass is 203 g/mol. The number of rotatable bonds is 3. The maximum atomic E-state index is 11.7. The third-order valence-corrected chi connectivity index (χ3v) is 1.67. The zero-order chi connectivity index (χ0) is 8.32. The average Bonchev–Trinajstić information content (AvgIpc) is 2.32. The molecule has 12 heavy (non-hydrogen) atoms. The van der Waals surface area contributed by atoms with Gasteiger partial charge in [-0.1, -0.05) is 18.5 Å². The van der Waals surface area contributed by atoms with Crippen molar-refractivity contribution in [2.75, 3.05) is 19.6 Å². The molecule has 0 amide bonds. The second-order valence-electron chi connectivity index (χ2n) is 2.73. The number of nitrogens with zero attached hydrogens (tertiary/aromatic N) is 1. The first-order chi connectivity index (χ1) is 5.08. The summed E-state index contributed by atoms with van der Waals surface area (Å²) in [6.45, 7) is -3.09. The van der Waals surface area contributed by atoms with E-state index in [-0.39, 0.29) is 57.9 Å². The van der Waals surface area contributed by atoms with Crippen molar-refractivity contribution in [3.8, 4) is 0 Å². The van der Waals surface area contributed by atoms with Gasteiger partial charge in [0, 0.05) is 13.1 Å².